The molecule has 0 aromatic heterocycles. The zero-order valence-corrected chi connectivity index (χ0v) is 12.5. The third-order valence-electron chi connectivity index (χ3n) is 4.40. The van der Waals surface area contributed by atoms with Crippen molar-refractivity contribution in [1.82, 2.24) is 5.32 Å². The molecule has 0 spiro atoms. The molecular weight excluding hydrogens is 258 g/mol. The molecule has 21 heavy (non-hydrogen) atoms. The SMILES string of the molecule is CNC(CCOc1ccccc1)C1CC1c1ccccc1. The molecule has 110 valence electrons. The second-order valence-corrected chi connectivity index (χ2v) is 5.76. The van der Waals surface area contributed by atoms with Gasteiger partial charge in [0.2, 0.25) is 0 Å². The molecule has 2 nitrogen and oxygen atoms in total. The van der Waals surface area contributed by atoms with Gasteiger partial charge in [-0.05, 0) is 49.4 Å². The van der Waals surface area contributed by atoms with Crippen molar-refractivity contribution < 1.29 is 4.74 Å². The summed E-state index contributed by atoms with van der Waals surface area (Å²) in [5, 5.41) is 3.47. The fraction of sp³-hybridized carbons (Fsp3) is 0.368. The van der Waals surface area contributed by atoms with Crippen LogP contribution in [0.3, 0.4) is 0 Å². The average molecular weight is 281 g/mol. The van der Waals surface area contributed by atoms with Crippen molar-refractivity contribution in [1.29, 1.82) is 0 Å². The van der Waals surface area contributed by atoms with Crippen LogP contribution in [0.1, 0.15) is 24.3 Å². The molecule has 1 N–H and O–H groups in total. The highest BCUT2D eigenvalue weighted by atomic mass is 16.5. The molecule has 1 saturated carbocycles. The van der Waals surface area contributed by atoms with Gasteiger partial charge in [-0.2, -0.15) is 0 Å². The van der Waals surface area contributed by atoms with Gasteiger partial charge in [0.15, 0.2) is 0 Å². The molecule has 0 amide bonds. The van der Waals surface area contributed by atoms with Gasteiger partial charge in [-0.15, -0.1) is 0 Å². The second-order valence-electron chi connectivity index (χ2n) is 5.76. The third-order valence-corrected chi connectivity index (χ3v) is 4.40. The largest absolute Gasteiger partial charge is 0.494 e. The van der Waals surface area contributed by atoms with Crippen molar-refractivity contribution in [3.63, 3.8) is 0 Å². The molecule has 3 atom stereocenters. The standard InChI is InChI=1S/C19H23NO/c1-20-19(12-13-21-16-10-6-3-7-11-16)18-14-17(18)15-8-4-2-5-9-15/h2-11,17-20H,12-14H2,1H3. The molecule has 2 aromatic carbocycles. The van der Waals surface area contributed by atoms with Gasteiger partial charge in [0.1, 0.15) is 5.75 Å². The summed E-state index contributed by atoms with van der Waals surface area (Å²) in [6.45, 7) is 0.771. The van der Waals surface area contributed by atoms with Crippen LogP contribution in [0.15, 0.2) is 60.7 Å². The minimum Gasteiger partial charge on any atom is -0.494 e. The zero-order valence-electron chi connectivity index (χ0n) is 12.5. The number of ether oxygens (including phenoxy) is 1. The van der Waals surface area contributed by atoms with Crippen LogP contribution >= 0.6 is 0 Å². The molecule has 3 unspecified atom stereocenters. The molecule has 2 aromatic rings. The van der Waals surface area contributed by atoms with E-state index in [4.69, 9.17) is 4.74 Å². The van der Waals surface area contributed by atoms with Crippen LogP contribution in [-0.2, 0) is 0 Å². The zero-order chi connectivity index (χ0) is 14.5. The van der Waals surface area contributed by atoms with E-state index in [0.717, 1.165) is 30.6 Å². The summed E-state index contributed by atoms with van der Waals surface area (Å²) in [6.07, 6.45) is 2.35. The Morgan fingerprint density at radius 1 is 1.05 bits per heavy atom. The summed E-state index contributed by atoms with van der Waals surface area (Å²) in [4.78, 5) is 0. The number of hydrogen-bond donors (Lipinski definition) is 1. The Hall–Kier alpha value is -1.80. The van der Waals surface area contributed by atoms with Gasteiger partial charge in [-0.25, -0.2) is 0 Å². The highest BCUT2D eigenvalue weighted by molar-refractivity contribution is 5.26. The first-order valence-corrected chi connectivity index (χ1v) is 7.78. The summed E-state index contributed by atoms with van der Waals surface area (Å²) in [6, 6.07) is 21.5. The number of benzene rings is 2. The smallest absolute Gasteiger partial charge is 0.119 e. The Balaban J connectivity index is 1.48. The van der Waals surface area contributed by atoms with Crippen LogP contribution in [0.5, 0.6) is 5.75 Å². The number of nitrogens with one attached hydrogen (secondary N) is 1. The van der Waals surface area contributed by atoms with E-state index < -0.39 is 0 Å². The minimum atomic E-state index is 0.541. The third kappa shape index (κ3) is 3.64. The lowest BCUT2D eigenvalue weighted by Gasteiger charge is -2.17. The van der Waals surface area contributed by atoms with Gasteiger partial charge in [0.05, 0.1) is 6.61 Å². The predicted molar refractivity (Wildman–Crippen MR) is 86.7 cm³/mol. The summed E-state index contributed by atoms with van der Waals surface area (Å²) >= 11 is 0. The lowest BCUT2D eigenvalue weighted by molar-refractivity contribution is 0.279. The van der Waals surface area contributed by atoms with E-state index in [1.54, 1.807) is 0 Å². The molecule has 0 saturated heterocycles. The van der Waals surface area contributed by atoms with Gasteiger partial charge < -0.3 is 10.1 Å². The number of rotatable bonds is 7. The van der Waals surface area contributed by atoms with Gasteiger partial charge in [-0.1, -0.05) is 48.5 Å². The van der Waals surface area contributed by atoms with Crippen LogP contribution in [-0.4, -0.2) is 19.7 Å². The topological polar surface area (TPSA) is 21.3 Å². The first kappa shape index (κ1) is 14.2. The molecule has 1 aliphatic carbocycles. The maximum Gasteiger partial charge on any atom is 0.119 e. The molecule has 2 heteroatoms. The Labute approximate surface area is 127 Å². The summed E-state index contributed by atoms with van der Waals surface area (Å²) in [5.74, 6) is 2.43. The van der Waals surface area contributed by atoms with Crippen molar-refractivity contribution in [2.45, 2.75) is 24.8 Å². The Morgan fingerprint density at radius 3 is 2.38 bits per heavy atom. The molecule has 0 aliphatic heterocycles. The maximum absolute atomic E-state index is 5.82. The minimum absolute atomic E-state index is 0.541. The number of hydrogen-bond acceptors (Lipinski definition) is 2. The van der Waals surface area contributed by atoms with E-state index in [-0.39, 0.29) is 0 Å². The molecule has 3 rings (SSSR count). The second kappa shape index (κ2) is 6.77. The summed E-state index contributed by atoms with van der Waals surface area (Å²) in [7, 11) is 2.06. The Bertz CT molecular complexity index is 540. The van der Waals surface area contributed by atoms with Crippen molar-refractivity contribution in [3.8, 4) is 5.75 Å². The molecule has 0 radical (unpaired) electrons. The van der Waals surface area contributed by atoms with E-state index in [2.05, 4.69) is 42.7 Å². The Morgan fingerprint density at radius 2 is 1.71 bits per heavy atom. The lowest BCUT2D eigenvalue weighted by atomic mass is 10.0. The highest BCUT2D eigenvalue weighted by Gasteiger charge is 2.42. The van der Waals surface area contributed by atoms with E-state index in [9.17, 15) is 0 Å². The fourth-order valence-corrected chi connectivity index (χ4v) is 3.14. The summed E-state index contributed by atoms with van der Waals surface area (Å²) in [5.41, 5.74) is 1.48. The van der Waals surface area contributed by atoms with E-state index in [0.29, 0.717) is 6.04 Å². The first-order valence-electron chi connectivity index (χ1n) is 7.78. The van der Waals surface area contributed by atoms with Crippen LogP contribution < -0.4 is 10.1 Å². The average Bonchev–Trinajstić information content (AvgIpc) is 3.34. The molecule has 1 aliphatic rings. The van der Waals surface area contributed by atoms with Crippen LogP contribution in [0.2, 0.25) is 0 Å². The van der Waals surface area contributed by atoms with Crippen molar-refractivity contribution in [2.75, 3.05) is 13.7 Å². The van der Waals surface area contributed by atoms with Gasteiger partial charge in [0.25, 0.3) is 0 Å². The van der Waals surface area contributed by atoms with Gasteiger partial charge in [0, 0.05) is 6.04 Å². The molecule has 1 fully saturated rings. The Kier molecular flexibility index (Phi) is 4.56. The van der Waals surface area contributed by atoms with Gasteiger partial charge >= 0.3 is 0 Å². The molecule has 0 heterocycles. The van der Waals surface area contributed by atoms with Crippen LogP contribution in [0.25, 0.3) is 0 Å². The van der Waals surface area contributed by atoms with Crippen molar-refractivity contribution >= 4 is 0 Å². The van der Waals surface area contributed by atoms with Crippen LogP contribution in [0.4, 0.5) is 0 Å². The number of para-hydroxylation sites is 1. The van der Waals surface area contributed by atoms with E-state index in [1.807, 2.05) is 30.3 Å². The predicted octanol–water partition coefficient (Wildman–Crippen LogP) is 3.85. The molecular formula is C19H23NO. The molecule has 0 bridgehead atoms. The summed E-state index contributed by atoms with van der Waals surface area (Å²) < 4.78 is 5.82. The fourth-order valence-electron chi connectivity index (χ4n) is 3.14. The first-order chi connectivity index (χ1) is 10.4. The van der Waals surface area contributed by atoms with E-state index >= 15 is 0 Å². The normalized spacial score (nSPS) is 21.8. The van der Waals surface area contributed by atoms with Gasteiger partial charge in [-0.3, -0.25) is 0 Å². The monoisotopic (exact) mass is 281 g/mol. The van der Waals surface area contributed by atoms with Crippen molar-refractivity contribution in [2.24, 2.45) is 5.92 Å². The maximum atomic E-state index is 5.82. The highest BCUT2D eigenvalue weighted by Crippen LogP contribution is 2.50. The van der Waals surface area contributed by atoms with Crippen LogP contribution in [0, 0.1) is 5.92 Å². The van der Waals surface area contributed by atoms with Crippen molar-refractivity contribution in [3.05, 3.63) is 66.2 Å². The quantitative estimate of drug-likeness (QED) is 0.832. The lowest BCUT2D eigenvalue weighted by Crippen LogP contribution is -2.29. The van der Waals surface area contributed by atoms with E-state index in [1.165, 1.54) is 12.0 Å².